The third-order valence-corrected chi connectivity index (χ3v) is 7.61. The molecule has 1 aliphatic carbocycles. The highest BCUT2D eigenvalue weighted by Crippen LogP contribution is 2.38. The number of benzene rings is 2. The van der Waals surface area contributed by atoms with Crippen molar-refractivity contribution < 1.29 is 14.7 Å². The zero-order valence-electron chi connectivity index (χ0n) is 24.0. The molecule has 3 atom stereocenters. The van der Waals surface area contributed by atoms with Crippen LogP contribution in [0, 0.1) is 17.7 Å². The van der Waals surface area contributed by atoms with Crippen molar-refractivity contribution in [3.63, 3.8) is 0 Å². The number of nitrogens with one attached hydrogen (secondary N) is 1. The highest BCUT2D eigenvalue weighted by atomic mass is 16.3. The predicted octanol–water partition coefficient (Wildman–Crippen LogP) is 6.07. The molecule has 1 aliphatic rings. The molecule has 2 aromatic rings. The number of aliphatic hydroxyl groups is 1. The van der Waals surface area contributed by atoms with E-state index in [0.717, 1.165) is 54.4 Å². The third kappa shape index (κ3) is 8.46. The number of nitrogens with zero attached hydrogens (tertiary/aromatic N) is 2. The number of rotatable bonds is 13. The zero-order valence-corrected chi connectivity index (χ0v) is 24.0. The first-order chi connectivity index (χ1) is 19.4. The maximum absolute atomic E-state index is 13.5. The molecule has 0 spiro atoms. The van der Waals surface area contributed by atoms with E-state index in [1.165, 1.54) is 0 Å². The Bertz CT molecular complexity index is 1170. The summed E-state index contributed by atoms with van der Waals surface area (Å²) >= 11 is 0. The van der Waals surface area contributed by atoms with Crippen molar-refractivity contribution in [1.82, 2.24) is 10.2 Å². The monoisotopic (exact) mass is 545 g/mol. The van der Waals surface area contributed by atoms with E-state index in [1.54, 1.807) is 4.90 Å². The van der Waals surface area contributed by atoms with Gasteiger partial charge in [-0.05, 0) is 67.9 Å². The van der Waals surface area contributed by atoms with E-state index in [2.05, 4.69) is 22.6 Å². The van der Waals surface area contributed by atoms with Crippen molar-refractivity contribution in [3.8, 4) is 0 Å². The van der Waals surface area contributed by atoms with E-state index in [0.29, 0.717) is 12.1 Å². The minimum Gasteiger partial charge on any atom is -0.395 e. The van der Waals surface area contributed by atoms with Crippen LogP contribution < -0.4 is 5.32 Å². The molecule has 0 aliphatic heterocycles. The molecule has 2 aromatic carbocycles. The second-order valence-corrected chi connectivity index (χ2v) is 10.5. The lowest BCUT2D eigenvalue weighted by atomic mass is 9.74. The zero-order chi connectivity index (χ0) is 28.9. The Morgan fingerprint density at radius 2 is 1.80 bits per heavy atom. The molecule has 1 saturated carbocycles. The lowest BCUT2D eigenvalue weighted by Crippen LogP contribution is -2.43. The third-order valence-electron chi connectivity index (χ3n) is 7.61. The Balaban J connectivity index is 1.74. The maximum Gasteiger partial charge on any atom is 0.254 e. The molecule has 2 amide bonds. The average molecular weight is 546 g/mol. The van der Waals surface area contributed by atoms with Crippen LogP contribution in [0.1, 0.15) is 78.9 Å². The number of hydrogen-bond acceptors (Lipinski definition) is 5. The summed E-state index contributed by atoms with van der Waals surface area (Å²) in [5, 5.41) is 15.8. The number of nitroso groups, excluding NO2 is 1. The van der Waals surface area contributed by atoms with Crippen molar-refractivity contribution in [1.29, 1.82) is 0 Å². The van der Waals surface area contributed by atoms with Crippen molar-refractivity contribution >= 4 is 11.8 Å². The van der Waals surface area contributed by atoms with Crippen molar-refractivity contribution in [3.05, 3.63) is 99.5 Å². The molecular weight excluding hydrogens is 502 g/mol. The van der Waals surface area contributed by atoms with E-state index in [9.17, 15) is 19.6 Å². The lowest BCUT2D eigenvalue weighted by Gasteiger charge is -2.32. The van der Waals surface area contributed by atoms with E-state index < -0.39 is 6.04 Å². The minimum atomic E-state index is -0.435. The van der Waals surface area contributed by atoms with Crippen molar-refractivity contribution in [2.45, 2.75) is 71.4 Å². The topological polar surface area (TPSA) is 99.1 Å². The second-order valence-electron chi connectivity index (χ2n) is 10.5. The van der Waals surface area contributed by atoms with Crippen LogP contribution in [0.2, 0.25) is 0 Å². The fourth-order valence-electron chi connectivity index (χ4n) is 5.53. The van der Waals surface area contributed by atoms with Gasteiger partial charge in [-0.2, -0.15) is 4.91 Å². The van der Waals surface area contributed by atoms with Crippen LogP contribution in [0.15, 0.2) is 77.5 Å². The molecule has 7 heteroatoms. The molecule has 3 unspecified atom stereocenters. The predicted molar refractivity (Wildman–Crippen MR) is 160 cm³/mol. The fraction of sp³-hybridized carbons (Fsp3) is 0.455. The summed E-state index contributed by atoms with van der Waals surface area (Å²) in [5.41, 5.74) is 4.66. The standard InChI is InChI=1S/C33H43N3O4/c1-4-8-27(9-5-2)31(22-34-40)35-32(38)30-11-7-6-10-29(30)26-18-14-25(15-19-26)23-36(20-21-37)33(39)28-16-12-24(3)13-17-28/h4,8-9,12-19,29-31,37H,5-7,10-11,20-23H2,1-3H3,(H,35,38)/b8-4-,27-9+. The van der Waals surface area contributed by atoms with Gasteiger partial charge in [0.05, 0.1) is 12.6 Å². The maximum atomic E-state index is 13.5. The summed E-state index contributed by atoms with van der Waals surface area (Å²) in [6, 6.07) is 15.2. The van der Waals surface area contributed by atoms with Crippen LogP contribution in [-0.4, -0.2) is 47.6 Å². The SMILES string of the molecule is C/C=C\C(=C/CC)C(CN=O)NC(=O)C1CCCCC1c1ccc(CN(CCO)C(=O)c2ccc(C)cc2)cc1. The van der Waals surface area contributed by atoms with Crippen LogP contribution in [-0.2, 0) is 11.3 Å². The summed E-state index contributed by atoms with van der Waals surface area (Å²) < 4.78 is 0. The molecule has 0 radical (unpaired) electrons. The van der Waals surface area contributed by atoms with E-state index >= 15 is 0 Å². The molecule has 0 saturated heterocycles. The highest BCUT2D eigenvalue weighted by molar-refractivity contribution is 5.94. The van der Waals surface area contributed by atoms with Gasteiger partial charge in [-0.1, -0.05) is 85.1 Å². The van der Waals surface area contributed by atoms with Gasteiger partial charge in [0.15, 0.2) is 0 Å². The quantitative estimate of drug-likeness (QED) is 0.236. The Morgan fingerprint density at radius 3 is 2.42 bits per heavy atom. The van der Waals surface area contributed by atoms with Gasteiger partial charge >= 0.3 is 0 Å². The molecule has 214 valence electrons. The van der Waals surface area contributed by atoms with Gasteiger partial charge in [0, 0.05) is 24.6 Å². The number of carbonyl (C=O) groups excluding carboxylic acids is 2. The van der Waals surface area contributed by atoms with Gasteiger partial charge in [0.1, 0.15) is 6.54 Å². The minimum absolute atomic E-state index is 0.000352. The molecule has 1 fully saturated rings. The highest BCUT2D eigenvalue weighted by Gasteiger charge is 2.33. The number of carbonyl (C=O) groups is 2. The van der Waals surface area contributed by atoms with Crippen molar-refractivity contribution in [2.75, 3.05) is 19.7 Å². The largest absolute Gasteiger partial charge is 0.395 e. The number of hydrogen-bond donors (Lipinski definition) is 2. The first kappa shape index (κ1) is 31.0. The number of aliphatic hydroxyl groups excluding tert-OH is 1. The van der Waals surface area contributed by atoms with Crippen LogP contribution >= 0.6 is 0 Å². The first-order valence-electron chi connectivity index (χ1n) is 14.4. The van der Waals surface area contributed by atoms with Gasteiger partial charge in [-0.25, -0.2) is 0 Å². The molecule has 2 N–H and O–H groups in total. The van der Waals surface area contributed by atoms with E-state index in [4.69, 9.17) is 0 Å². The number of aryl methyl sites for hydroxylation is 1. The van der Waals surface area contributed by atoms with Gasteiger partial charge in [-0.3, -0.25) is 9.59 Å². The Kier molecular flexibility index (Phi) is 12.3. The Hall–Kier alpha value is -3.58. The molecule has 3 rings (SSSR count). The normalized spacial score (nSPS) is 18.4. The molecule has 0 heterocycles. The lowest BCUT2D eigenvalue weighted by molar-refractivity contribution is -0.127. The number of amides is 2. The van der Waals surface area contributed by atoms with Gasteiger partial charge in [-0.15, -0.1) is 0 Å². The van der Waals surface area contributed by atoms with E-state index in [-0.39, 0.29) is 43.3 Å². The summed E-state index contributed by atoms with van der Waals surface area (Å²) in [5.74, 6) is -0.255. The molecular formula is C33H43N3O4. The summed E-state index contributed by atoms with van der Waals surface area (Å²) in [6.45, 7) is 6.45. The van der Waals surface area contributed by atoms with Crippen molar-refractivity contribution in [2.24, 2.45) is 11.1 Å². The number of allylic oxidation sites excluding steroid dienone is 2. The molecule has 0 aromatic heterocycles. The van der Waals surface area contributed by atoms with Gasteiger partial charge in [0.2, 0.25) is 5.91 Å². The smallest absolute Gasteiger partial charge is 0.254 e. The van der Waals surface area contributed by atoms with Crippen LogP contribution in [0.4, 0.5) is 0 Å². The first-order valence-corrected chi connectivity index (χ1v) is 14.4. The van der Waals surface area contributed by atoms with Crippen LogP contribution in [0.5, 0.6) is 0 Å². The summed E-state index contributed by atoms with van der Waals surface area (Å²) in [4.78, 5) is 39.4. The van der Waals surface area contributed by atoms with Crippen LogP contribution in [0.3, 0.4) is 0 Å². The molecule has 7 nitrogen and oxygen atoms in total. The van der Waals surface area contributed by atoms with Crippen LogP contribution in [0.25, 0.3) is 0 Å². The Labute approximate surface area is 238 Å². The second kappa shape index (κ2) is 15.9. The van der Waals surface area contributed by atoms with E-state index in [1.807, 2.05) is 75.4 Å². The molecule has 0 bridgehead atoms. The average Bonchev–Trinajstić information content (AvgIpc) is 2.97. The summed E-state index contributed by atoms with van der Waals surface area (Å²) in [6.07, 6.45) is 10.4. The van der Waals surface area contributed by atoms with Gasteiger partial charge < -0.3 is 15.3 Å². The molecule has 40 heavy (non-hydrogen) atoms. The fourth-order valence-corrected chi connectivity index (χ4v) is 5.53. The Morgan fingerprint density at radius 1 is 1.10 bits per heavy atom. The summed E-state index contributed by atoms with van der Waals surface area (Å²) in [7, 11) is 0. The van der Waals surface area contributed by atoms with Gasteiger partial charge in [0.25, 0.3) is 5.91 Å².